The largest absolute Gasteiger partial charge is 0.320 e. The maximum atomic E-state index is 13.3. The zero-order valence-electron chi connectivity index (χ0n) is 9.49. The van der Waals surface area contributed by atoms with E-state index in [2.05, 4.69) is 5.32 Å². The number of halogens is 3. The van der Waals surface area contributed by atoms with Gasteiger partial charge >= 0.3 is 0 Å². The summed E-state index contributed by atoms with van der Waals surface area (Å²) in [7, 11) is 0. The molecular formula is C13H8F3NOS. The van der Waals surface area contributed by atoms with Gasteiger partial charge in [0.15, 0.2) is 17.5 Å². The van der Waals surface area contributed by atoms with E-state index < -0.39 is 29.0 Å². The SMILES string of the molecule is O=C(/C=C/c1cccs1)Nc1ccc(F)c(F)c1F. The second kappa shape index (κ2) is 5.71. The van der Waals surface area contributed by atoms with Crippen LogP contribution in [-0.4, -0.2) is 5.91 Å². The van der Waals surface area contributed by atoms with Crippen LogP contribution >= 0.6 is 11.3 Å². The molecule has 6 heteroatoms. The van der Waals surface area contributed by atoms with Crippen LogP contribution in [0, 0.1) is 17.5 Å². The van der Waals surface area contributed by atoms with Gasteiger partial charge in [-0.1, -0.05) is 6.07 Å². The summed E-state index contributed by atoms with van der Waals surface area (Å²) in [6, 6.07) is 5.32. The monoisotopic (exact) mass is 283 g/mol. The average molecular weight is 283 g/mol. The van der Waals surface area contributed by atoms with Crippen molar-refractivity contribution in [3.63, 3.8) is 0 Å². The summed E-state index contributed by atoms with van der Waals surface area (Å²) in [5.74, 6) is -4.96. The highest BCUT2D eigenvalue weighted by atomic mass is 32.1. The van der Waals surface area contributed by atoms with Crippen LogP contribution in [-0.2, 0) is 4.79 Å². The van der Waals surface area contributed by atoms with Crippen LogP contribution in [0.2, 0.25) is 0 Å². The fraction of sp³-hybridized carbons (Fsp3) is 0. The third-order valence-corrected chi connectivity index (χ3v) is 3.07. The van der Waals surface area contributed by atoms with Gasteiger partial charge in [0.2, 0.25) is 5.91 Å². The Hall–Kier alpha value is -2.08. The molecule has 0 bridgehead atoms. The summed E-state index contributed by atoms with van der Waals surface area (Å²) in [6.07, 6.45) is 2.73. The molecular weight excluding hydrogens is 275 g/mol. The lowest BCUT2D eigenvalue weighted by atomic mass is 10.2. The molecule has 0 unspecified atom stereocenters. The van der Waals surface area contributed by atoms with Crippen molar-refractivity contribution in [1.29, 1.82) is 0 Å². The Morgan fingerprint density at radius 1 is 1.16 bits per heavy atom. The average Bonchev–Trinajstić information content (AvgIpc) is 2.90. The number of thiophene rings is 1. The van der Waals surface area contributed by atoms with Crippen molar-refractivity contribution in [2.75, 3.05) is 5.32 Å². The zero-order chi connectivity index (χ0) is 13.8. The van der Waals surface area contributed by atoms with E-state index in [4.69, 9.17) is 0 Å². The summed E-state index contributed by atoms with van der Waals surface area (Å²) in [6.45, 7) is 0. The number of nitrogens with one attached hydrogen (secondary N) is 1. The fourth-order valence-electron chi connectivity index (χ4n) is 1.34. The predicted octanol–water partition coefficient (Wildman–Crippen LogP) is 3.82. The molecule has 19 heavy (non-hydrogen) atoms. The van der Waals surface area contributed by atoms with Crippen molar-refractivity contribution in [3.8, 4) is 0 Å². The van der Waals surface area contributed by atoms with E-state index in [0.717, 1.165) is 17.0 Å². The van der Waals surface area contributed by atoms with Crippen LogP contribution < -0.4 is 5.32 Å². The molecule has 1 N–H and O–H groups in total. The van der Waals surface area contributed by atoms with Crippen LogP contribution in [0.25, 0.3) is 6.08 Å². The van der Waals surface area contributed by atoms with Crippen LogP contribution in [0.3, 0.4) is 0 Å². The smallest absolute Gasteiger partial charge is 0.248 e. The summed E-state index contributed by atoms with van der Waals surface area (Å²) in [5, 5.41) is 3.98. The Labute approximate surface area is 111 Å². The summed E-state index contributed by atoms with van der Waals surface area (Å²) >= 11 is 1.43. The zero-order valence-corrected chi connectivity index (χ0v) is 10.3. The minimum absolute atomic E-state index is 0.403. The lowest BCUT2D eigenvalue weighted by Gasteiger charge is -2.04. The number of carbonyl (C=O) groups is 1. The Kier molecular flexibility index (Phi) is 4.01. The molecule has 0 saturated heterocycles. The molecule has 0 aliphatic rings. The minimum Gasteiger partial charge on any atom is -0.320 e. The number of benzene rings is 1. The first-order valence-corrected chi connectivity index (χ1v) is 6.12. The van der Waals surface area contributed by atoms with Crippen LogP contribution in [0.4, 0.5) is 18.9 Å². The van der Waals surface area contributed by atoms with Crippen molar-refractivity contribution < 1.29 is 18.0 Å². The van der Waals surface area contributed by atoms with E-state index in [1.807, 2.05) is 11.4 Å². The van der Waals surface area contributed by atoms with Crippen LogP contribution in [0.15, 0.2) is 35.7 Å². The Bertz CT molecular complexity index is 623. The molecule has 2 rings (SSSR count). The van der Waals surface area contributed by atoms with E-state index in [1.165, 1.54) is 23.5 Å². The Balaban J connectivity index is 2.09. The molecule has 1 aromatic carbocycles. The molecule has 0 fully saturated rings. The highest BCUT2D eigenvalue weighted by Crippen LogP contribution is 2.19. The first-order chi connectivity index (χ1) is 9.08. The van der Waals surface area contributed by atoms with Crippen LogP contribution in [0.1, 0.15) is 4.88 Å². The summed E-state index contributed by atoms with van der Waals surface area (Å²) in [5.41, 5.74) is -0.403. The van der Waals surface area contributed by atoms with Gasteiger partial charge < -0.3 is 5.32 Å². The van der Waals surface area contributed by atoms with Crippen molar-refractivity contribution >= 4 is 29.0 Å². The van der Waals surface area contributed by atoms with Gasteiger partial charge in [-0.15, -0.1) is 11.3 Å². The van der Waals surface area contributed by atoms with Gasteiger partial charge in [0, 0.05) is 11.0 Å². The molecule has 0 atom stereocenters. The number of rotatable bonds is 3. The molecule has 1 aromatic heterocycles. The lowest BCUT2D eigenvalue weighted by Crippen LogP contribution is -2.10. The number of amides is 1. The molecule has 1 heterocycles. The minimum atomic E-state index is -1.61. The number of anilines is 1. The van der Waals surface area contributed by atoms with E-state index in [-0.39, 0.29) is 0 Å². The molecule has 0 saturated carbocycles. The highest BCUT2D eigenvalue weighted by molar-refractivity contribution is 7.10. The third kappa shape index (κ3) is 3.23. The second-order valence-corrected chi connectivity index (χ2v) is 4.54. The van der Waals surface area contributed by atoms with Gasteiger partial charge in [-0.3, -0.25) is 4.79 Å². The van der Waals surface area contributed by atoms with Gasteiger partial charge in [-0.25, -0.2) is 13.2 Å². The number of hydrogen-bond donors (Lipinski definition) is 1. The quantitative estimate of drug-likeness (QED) is 0.673. The number of hydrogen-bond acceptors (Lipinski definition) is 2. The molecule has 0 radical (unpaired) electrons. The molecule has 2 nitrogen and oxygen atoms in total. The first-order valence-electron chi connectivity index (χ1n) is 5.24. The van der Waals surface area contributed by atoms with Gasteiger partial charge in [-0.05, 0) is 29.7 Å². The van der Waals surface area contributed by atoms with Gasteiger partial charge in [0.25, 0.3) is 0 Å². The fourth-order valence-corrected chi connectivity index (χ4v) is 1.96. The van der Waals surface area contributed by atoms with Crippen LogP contribution in [0.5, 0.6) is 0 Å². The van der Waals surface area contributed by atoms with Gasteiger partial charge in [0.1, 0.15) is 0 Å². The van der Waals surface area contributed by atoms with E-state index in [1.54, 1.807) is 6.07 Å². The first kappa shape index (κ1) is 13.4. The van der Waals surface area contributed by atoms with Crippen molar-refractivity contribution in [1.82, 2.24) is 0 Å². The molecule has 0 aliphatic carbocycles. The molecule has 1 amide bonds. The Morgan fingerprint density at radius 2 is 1.95 bits per heavy atom. The second-order valence-electron chi connectivity index (χ2n) is 3.56. The maximum absolute atomic E-state index is 13.3. The molecule has 2 aromatic rings. The van der Waals surface area contributed by atoms with E-state index in [9.17, 15) is 18.0 Å². The van der Waals surface area contributed by atoms with Crippen molar-refractivity contribution in [2.45, 2.75) is 0 Å². The predicted molar refractivity (Wildman–Crippen MR) is 68.3 cm³/mol. The van der Waals surface area contributed by atoms with E-state index >= 15 is 0 Å². The summed E-state index contributed by atoms with van der Waals surface area (Å²) < 4.78 is 38.9. The normalized spacial score (nSPS) is 10.9. The summed E-state index contributed by atoms with van der Waals surface area (Å²) in [4.78, 5) is 12.3. The Morgan fingerprint density at radius 3 is 2.63 bits per heavy atom. The van der Waals surface area contributed by atoms with Gasteiger partial charge in [-0.2, -0.15) is 0 Å². The van der Waals surface area contributed by atoms with E-state index in [0.29, 0.717) is 0 Å². The van der Waals surface area contributed by atoms with Crippen molar-refractivity contribution in [2.24, 2.45) is 0 Å². The van der Waals surface area contributed by atoms with Crippen molar-refractivity contribution in [3.05, 3.63) is 58.1 Å². The topological polar surface area (TPSA) is 29.1 Å². The molecule has 0 aliphatic heterocycles. The molecule has 0 spiro atoms. The molecule has 98 valence electrons. The highest BCUT2D eigenvalue weighted by Gasteiger charge is 2.14. The standard InChI is InChI=1S/C13H8F3NOS/c14-9-4-5-10(13(16)12(9)15)17-11(18)6-3-8-2-1-7-19-8/h1-7H,(H,17,18)/b6-3+. The lowest BCUT2D eigenvalue weighted by molar-refractivity contribution is -0.111. The number of carbonyl (C=O) groups excluding carboxylic acids is 1. The maximum Gasteiger partial charge on any atom is 0.248 e. The third-order valence-electron chi connectivity index (χ3n) is 2.24. The van der Waals surface area contributed by atoms with Gasteiger partial charge in [0.05, 0.1) is 5.69 Å².